The maximum Gasteiger partial charge on any atom is 0.249 e. The van der Waals surface area contributed by atoms with Crippen LogP contribution in [0, 0.1) is 0 Å². The number of alkyl halides is 2. The summed E-state index contributed by atoms with van der Waals surface area (Å²) >= 11 is 0. The topological polar surface area (TPSA) is 24.1 Å². The smallest absolute Gasteiger partial charge is 0.249 e. The van der Waals surface area contributed by atoms with Gasteiger partial charge in [-0.1, -0.05) is 0 Å². The van der Waals surface area contributed by atoms with Gasteiger partial charge in [0.25, 0.3) is 0 Å². The van der Waals surface area contributed by atoms with Crippen LogP contribution in [0.1, 0.15) is 19.3 Å². The summed E-state index contributed by atoms with van der Waals surface area (Å²) in [5.74, 6) is -2.41. The molecular weight excluding hydrogens is 162 g/mol. The molecule has 2 N–H and O–H groups in total. The van der Waals surface area contributed by atoms with Crippen molar-refractivity contribution >= 4 is 0 Å². The van der Waals surface area contributed by atoms with Crippen molar-refractivity contribution in [1.82, 2.24) is 10.6 Å². The fourth-order valence-corrected chi connectivity index (χ4v) is 1.83. The predicted molar refractivity (Wildman–Crippen MR) is 42.4 cm³/mol. The van der Waals surface area contributed by atoms with Crippen LogP contribution in [0.15, 0.2) is 0 Å². The summed E-state index contributed by atoms with van der Waals surface area (Å²) in [6, 6.07) is 0.482. The lowest BCUT2D eigenvalue weighted by atomic mass is 10.1. The molecule has 0 amide bonds. The van der Waals surface area contributed by atoms with Gasteiger partial charge in [-0.15, -0.1) is 0 Å². The fraction of sp³-hybridized carbons (Fsp3) is 1.00. The van der Waals surface area contributed by atoms with Crippen LogP contribution < -0.4 is 10.6 Å². The van der Waals surface area contributed by atoms with Crippen LogP contribution in [0.5, 0.6) is 0 Å². The van der Waals surface area contributed by atoms with E-state index in [1.165, 1.54) is 0 Å². The first-order valence-electron chi connectivity index (χ1n) is 4.50. The summed E-state index contributed by atoms with van der Waals surface area (Å²) in [5, 5.41) is 6.33. The van der Waals surface area contributed by atoms with E-state index in [0.717, 1.165) is 13.1 Å². The lowest BCUT2D eigenvalue weighted by Crippen LogP contribution is -2.57. The van der Waals surface area contributed by atoms with Crippen molar-refractivity contribution in [1.29, 1.82) is 0 Å². The van der Waals surface area contributed by atoms with Gasteiger partial charge in [0.2, 0.25) is 5.92 Å². The van der Waals surface area contributed by atoms with Gasteiger partial charge in [0.05, 0.1) is 0 Å². The van der Waals surface area contributed by atoms with E-state index in [2.05, 4.69) is 10.6 Å². The number of hydrogen-bond donors (Lipinski definition) is 2. The molecule has 2 rings (SSSR count). The summed E-state index contributed by atoms with van der Waals surface area (Å²) in [6.45, 7) is 1.87. The van der Waals surface area contributed by atoms with Gasteiger partial charge in [0.1, 0.15) is 0 Å². The van der Waals surface area contributed by atoms with E-state index in [4.69, 9.17) is 0 Å². The van der Waals surface area contributed by atoms with E-state index in [1.807, 2.05) is 0 Å². The van der Waals surface area contributed by atoms with Crippen molar-refractivity contribution in [2.45, 2.75) is 37.3 Å². The minimum absolute atomic E-state index is 0.0313. The Kier molecular flexibility index (Phi) is 2.04. The lowest BCUT2D eigenvalue weighted by molar-refractivity contribution is 0.00637. The summed E-state index contributed by atoms with van der Waals surface area (Å²) in [7, 11) is 0. The van der Waals surface area contributed by atoms with Gasteiger partial charge in [-0.25, -0.2) is 8.78 Å². The third kappa shape index (κ3) is 1.75. The Morgan fingerprint density at radius 1 is 1.25 bits per heavy atom. The first-order chi connectivity index (χ1) is 5.66. The highest BCUT2D eigenvalue weighted by Gasteiger charge is 2.40. The van der Waals surface area contributed by atoms with Crippen molar-refractivity contribution < 1.29 is 8.78 Å². The number of nitrogens with one attached hydrogen (secondary N) is 2. The van der Waals surface area contributed by atoms with Crippen LogP contribution in [-0.4, -0.2) is 31.1 Å². The minimum atomic E-state index is -2.41. The number of hydrogen-bond acceptors (Lipinski definition) is 2. The molecule has 70 valence electrons. The Balaban J connectivity index is 1.75. The molecule has 1 unspecified atom stereocenters. The standard InChI is InChI=1S/C8H14F2N2/c9-8(10)2-1-6(3-8)12-7-4-11-5-7/h6-7,11-12H,1-5H2. The highest BCUT2D eigenvalue weighted by molar-refractivity contribution is 4.91. The molecule has 1 saturated heterocycles. The average Bonchev–Trinajstić information content (AvgIpc) is 2.21. The molecule has 1 heterocycles. The zero-order valence-corrected chi connectivity index (χ0v) is 6.95. The Hall–Kier alpha value is -0.220. The van der Waals surface area contributed by atoms with Crippen molar-refractivity contribution in [3.63, 3.8) is 0 Å². The predicted octanol–water partition coefficient (Wildman–Crippen LogP) is 0.736. The van der Waals surface area contributed by atoms with Gasteiger partial charge in [-0.3, -0.25) is 0 Å². The maximum absolute atomic E-state index is 12.7. The molecule has 2 nitrogen and oxygen atoms in total. The fourth-order valence-electron chi connectivity index (χ4n) is 1.83. The lowest BCUT2D eigenvalue weighted by Gasteiger charge is -2.31. The minimum Gasteiger partial charge on any atom is -0.314 e. The Labute approximate surface area is 70.7 Å². The first kappa shape index (κ1) is 8.38. The van der Waals surface area contributed by atoms with Crippen LogP contribution in [0.3, 0.4) is 0 Å². The van der Waals surface area contributed by atoms with Gasteiger partial charge >= 0.3 is 0 Å². The van der Waals surface area contributed by atoms with E-state index in [-0.39, 0.29) is 18.9 Å². The molecule has 1 atom stereocenters. The second-order valence-corrected chi connectivity index (χ2v) is 3.82. The molecule has 2 fully saturated rings. The highest BCUT2D eigenvalue weighted by Crippen LogP contribution is 2.34. The van der Waals surface area contributed by atoms with Gasteiger partial charge in [-0.2, -0.15) is 0 Å². The molecule has 0 aromatic carbocycles. The normalized spacial score (nSPS) is 35.0. The number of halogens is 2. The van der Waals surface area contributed by atoms with Crippen LogP contribution in [0.2, 0.25) is 0 Å². The zero-order valence-electron chi connectivity index (χ0n) is 6.95. The van der Waals surface area contributed by atoms with E-state index in [0.29, 0.717) is 12.5 Å². The average molecular weight is 176 g/mol. The van der Waals surface area contributed by atoms with E-state index >= 15 is 0 Å². The van der Waals surface area contributed by atoms with Crippen molar-refractivity contribution in [3.8, 4) is 0 Å². The van der Waals surface area contributed by atoms with E-state index in [1.54, 1.807) is 0 Å². The van der Waals surface area contributed by atoms with Crippen molar-refractivity contribution in [2.24, 2.45) is 0 Å². The summed E-state index contributed by atoms with van der Waals surface area (Å²) in [6.07, 6.45) is 0.720. The molecule has 12 heavy (non-hydrogen) atoms. The SMILES string of the molecule is FC1(F)CCC(NC2CNC2)C1. The maximum atomic E-state index is 12.7. The molecule has 0 radical (unpaired) electrons. The van der Waals surface area contributed by atoms with Crippen molar-refractivity contribution in [3.05, 3.63) is 0 Å². The highest BCUT2D eigenvalue weighted by atomic mass is 19.3. The third-order valence-corrected chi connectivity index (χ3v) is 2.66. The Morgan fingerprint density at radius 2 is 2.00 bits per heavy atom. The quantitative estimate of drug-likeness (QED) is 0.648. The summed E-state index contributed by atoms with van der Waals surface area (Å²) in [5.41, 5.74) is 0. The molecule has 0 spiro atoms. The molecule has 0 aromatic heterocycles. The van der Waals surface area contributed by atoms with Gasteiger partial charge < -0.3 is 10.6 Å². The summed E-state index contributed by atoms with van der Waals surface area (Å²) < 4.78 is 25.4. The molecule has 4 heteroatoms. The molecular formula is C8H14F2N2. The van der Waals surface area contributed by atoms with Crippen LogP contribution in [0.25, 0.3) is 0 Å². The Bertz CT molecular complexity index is 168. The van der Waals surface area contributed by atoms with Gasteiger partial charge in [-0.05, 0) is 6.42 Å². The van der Waals surface area contributed by atoms with Crippen LogP contribution in [0.4, 0.5) is 8.78 Å². The zero-order chi connectivity index (χ0) is 8.60. The van der Waals surface area contributed by atoms with Crippen molar-refractivity contribution in [2.75, 3.05) is 13.1 Å². The molecule has 1 saturated carbocycles. The first-order valence-corrected chi connectivity index (χ1v) is 4.50. The van der Waals surface area contributed by atoms with E-state index < -0.39 is 5.92 Å². The molecule has 0 bridgehead atoms. The van der Waals surface area contributed by atoms with Gasteiger partial charge in [0.15, 0.2) is 0 Å². The van der Waals surface area contributed by atoms with Crippen LogP contribution >= 0.6 is 0 Å². The second-order valence-electron chi connectivity index (χ2n) is 3.82. The molecule has 2 aliphatic rings. The second kappa shape index (κ2) is 2.92. The largest absolute Gasteiger partial charge is 0.314 e. The monoisotopic (exact) mass is 176 g/mol. The van der Waals surface area contributed by atoms with Crippen LogP contribution in [-0.2, 0) is 0 Å². The molecule has 0 aromatic rings. The van der Waals surface area contributed by atoms with Gasteiger partial charge in [0, 0.05) is 38.0 Å². The molecule has 1 aliphatic carbocycles. The third-order valence-electron chi connectivity index (χ3n) is 2.66. The van der Waals surface area contributed by atoms with E-state index in [9.17, 15) is 8.78 Å². The number of rotatable bonds is 2. The summed E-state index contributed by atoms with van der Waals surface area (Å²) in [4.78, 5) is 0. The Morgan fingerprint density at radius 3 is 2.42 bits per heavy atom. The molecule has 1 aliphatic heterocycles.